The van der Waals surface area contributed by atoms with Crippen molar-refractivity contribution in [3.05, 3.63) is 34.5 Å². The van der Waals surface area contributed by atoms with Crippen molar-refractivity contribution in [1.29, 1.82) is 0 Å². The maximum atomic E-state index is 5.23. The van der Waals surface area contributed by atoms with Crippen molar-refractivity contribution in [2.45, 2.75) is 52.5 Å². The monoisotopic (exact) mass is 517 g/mol. The highest BCUT2D eigenvalue weighted by Crippen LogP contribution is 2.24. The average Bonchev–Trinajstić information content (AvgIpc) is 3.31. The van der Waals surface area contributed by atoms with E-state index in [4.69, 9.17) is 9.52 Å². The number of anilines is 1. The summed E-state index contributed by atoms with van der Waals surface area (Å²) in [5.74, 6) is 1.87. The molecule has 0 radical (unpaired) electrons. The van der Waals surface area contributed by atoms with E-state index in [9.17, 15) is 0 Å². The van der Waals surface area contributed by atoms with E-state index in [1.54, 1.807) is 0 Å². The van der Waals surface area contributed by atoms with Crippen LogP contribution < -0.4 is 15.5 Å². The summed E-state index contributed by atoms with van der Waals surface area (Å²) in [6, 6.07) is 4.83. The number of aromatic nitrogens is 1. The van der Waals surface area contributed by atoms with Gasteiger partial charge >= 0.3 is 0 Å². The van der Waals surface area contributed by atoms with Gasteiger partial charge in [0, 0.05) is 37.8 Å². The molecular formula is C20H32IN5OS. The molecule has 0 amide bonds. The summed E-state index contributed by atoms with van der Waals surface area (Å²) >= 11 is 1.83. The molecule has 0 spiro atoms. The van der Waals surface area contributed by atoms with Crippen molar-refractivity contribution in [2.24, 2.45) is 4.99 Å². The van der Waals surface area contributed by atoms with Gasteiger partial charge in [-0.2, -0.15) is 0 Å². The smallest absolute Gasteiger partial charge is 0.191 e. The summed E-state index contributed by atoms with van der Waals surface area (Å²) in [7, 11) is 0. The van der Waals surface area contributed by atoms with E-state index in [0.29, 0.717) is 6.04 Å². The third-order valence-corrected chi connectivity index (χ3v) is 5.96. The minimum Gasteiger partial charge on any atom is -0.363 e. The van der Waals surface area contributed by atoms with Gasteiger partial charge in [0.15, 0.2) is 5.96 Å². The van der Waals surface area contributed by atoms with Crippen molar-refractivity contribution in [3.63, 3.8) is 0 Å². The molecule has 6 nitrogen and oxygen atoms in total. The molecule has 0 aromatic carbocycles. The molecule has 28 heavy (non-hydrogen) atoms. The molecule has 2 aromatic rings. The van der Waals surface area contributed by atoms with E-state index >= 15 is 0 Å². The Hall–Kier alpha value is -1.29. The second-order valence-corrected chi connectivity index (χ2v) is 7.95. The lowest BCUT2D eigenvalue weighted by Crippen LogP contribution is -2.48. The molecule has 0 aliphatic carbocycles. The molecule has 2 N–H and O–H groups in total. The number of halogens is 1. The quantitative estimate of drug-likeness (QED) is 0.250. The van der Waals surface area contributed by atoms with Gasteiger partial charge in [-0.1, -0.05) is 5.16 Å². The van der Waals surface area contributed by atoms with Gasteiger partial charge in [-0.15, -0.1) is 35.3 Å². The predicted molar refractivity (Wildman–Crippen MR) is 128 cm³/mol. The molecule has 3 heterocycles. The molecule has 1 aliphatic rings. The summed E-state index contributed by atoms with van der Waals surface area (Å²) in [5, 5.41) is 14.6. The largest absolute Gasteiger partial charge is 0.363 e. The van der Waals surface area contributed by atoms with Crippen LogP contribution >= 0.6 is 35.3 Å². The molecular weight excluding hydrogens is 485 g/mol. The standard InChI is InChI=1S/C20H31N5OS.HI/c1-4-21-20(22-11-5-7-18-15(2)24-26-16(18)3)23-17-9-12-25(13-10-17)19-8-6-14-27-19;/h6,8,14,17H,4-5,7,9-13H2,1-3H3,(H2,21,22,23);1H. The van der Waals surface area contributed by atoms with Crippen molar-refractivity contribution >= 4 is 46.3 Å². The zero-order valence-corrected chi connectivity index (χ0v) is 20.2. The van der Waals surface area contributed by atoms with Crippen LogP contribution in [0.15, 0.2) is 27.0 Å². The van der Waals surface area contributed by atoms with Gasteiger partial charge in [-0.3, -0.25) is 4.99 Å². The van der Waals surface area contributed by atoms with Gasteiger partial charge in [-0.05, 0) is 64.0 Å². The number of hydrogen-bond donors (Lipinski definition) is 2. The lowest BCUT2D eigenvalue weighted by Gasteiger charge is -2.33. The molecule has 8 heteroatoms. The Kier molecular flexibility index (Phi) is 9.57. The number of nitrogens with zero attached hydrogens (tertiary/aromatic N) is 3. The van der Waals surface area contributed by atoms with Gasteiger partial charge in [0.1, 0.15) is 5.76 Å². The molecule has 0 saturated carbocycles. The third-order valence-electron chi connectivity index (χ3n) is 5.03. The van der Waals surface area contributed by atoms with Crippen molar-refractivity contribution in [2.75, 3.05) is 31.1 Å². The maximum Gasteiger partial charge on any atom is 0.191 e. The number of nitrogens with one attached hydrogen (secondary N) is 2. The maximum absolute atomic E-state index is 5.23. The van der Waals surface area contributed by atoms with Crippen LogP contribution in [0.2, 0.25) is 0 Å². The van der Waals surface area contributed by atoms with Crippen molar-refractivity contribution in [3.8, 4) is 0 Å². The Balaban J connectivity index is 0.00000280. The Morgan fingerprint density at radius 1 is 1.36 bits per heavy atom. The van der Waals surface area contributed by atoms with Gasteiger partial charge < -0.3 is 20.1 Å². The fourth-order valence-electron chi connectivity index (χ4n) is 3.51. The minimum atomic E-state index is 0. The number of aryl methyl sites for hydroxylation is 2. The van der Waals surface area contributed by atoms with Crippen LogP contribution in [-0.4, -0.2) is 43.3 Å². The number of piperidine rings is 1. The van der Waals surface area contributed by atoms with Crippen LogP contribution in [0.1, 0.15) is 43.2 Å². The summed E-state index contributed by atoms with van der Waals surface area (Å²) in [4.78, 5) is 7.25. The molecule has 2 aromatic heterocycles. The van der Waals surface area contributed by atoms with Crippen LogP contribution in [0.25, 0.3) is 0 Å². The van der Waals surface area contributed by atoms with E-state index in [2.05, 4.69) is 45.1 Å². The Morgan fingerprint density at radius 3 is 2.75 bits per heavy atom. The van der Waals surface area contributed by atoms with Crippen LogP contribution in [-0.2, 0) is 6.42 Å². The first-order valence-corrected chi connectivity index (χ1v) is 10.8. The summed E-state index contributed by atoms with van der Waals surface area (Å²) in [5.41, 5.74) is 2.23. The second-order valence-electron chi connectivity index (χ2n) is 7.02. The molecule has 0 bridgehead atoms. The fourth-order valence-corrected chi connectivity index (χ4v) is 4.30. The topological polar surface area (TPSA) is 65.7 Å². The normalized spacial score (nSPS) is 15.4. The lowest BCUT2D eigenvalue weighted by molar-refractivity contribution is 0.392. The van der Waals surface area contributed by atoms with E-state index in [-0.39, 0.29) is 24.0 Å². The second kappa shape index (κ2) is 11.6. The zero-order chi connectivity index (χ0) is 19.1. The zero-order valence-electron chi connectivity index (χ0n) is 17.0. The minimum absolute atomic E-state index is 0. The van der Waals surface area contributed by atoms with E-state index in [0.717, 1.165) is 69.3 Å². The van der Waals surface area contributed by atoms with E-state index in [1.165, 1.54) is 10.6 Å². The third kappa shape index (κ3) is 6.37. The molecule has 0 unspecified atom stereocenters. The van der Waals surface area contributed by atoms with Crippen LogP contribution in [0, 0.1) is 13.8 Å². The van der Waals surface area contributed by atoms with Crippen molar-refractivity contribution in [1.82, 2.24) is 15.8 Å². The van der Waals surface area contributed by atoms with Crippen LogP contribution in [0.4, 0.5) is 5.00 Å². The van der Waals surface area contributed by atoms with Crippen LogP contribution in [0.3, 0.4) is 0 Å². The Morgan fingerprint density at radius 2 is 2.14 bits per heavy atom. The highest BCUT2D eigenvalue weighted by atomic mass is 127. The Bertz CT molecular complexity index is 704. The van der Waals surface area contributed by atoms with E-state index < -0.39 is 0 Å². The SMILES string of the molecule is CCNC(=NCCCc1c(C)noc1C)NC1CCN(c2cccs2)CC1.I. The molecule has 1 saturated heterocycles. The number of hydrogen-bond acceptors (Lipinski definition) is 5. The predicted octanol–water partition coefficient (Wildman–Crippen LogP) is 4.13. The molecule has 1 fully saturated rings. The molecule has 156 valence electrons. The van der Waals surface area contributed by atoms with Gasteiger partial charge in [0.25, 0.3) is 0 Å². The fraction of sp³-hybridized carbons (Fsp3) is 0.600. The highest BCUT2D eigenvalue weighted by Gasteiger charge is 2.20. The van der Waals surface area contributed by atoms with Crippen molar-refractivity contribution < 1.29 is 4.52 Å². The number of rotatable bonds is 7. The summed E-state index contributed by atoms with van der Waals surface area (Å²) in [6.07, 6.45) is 4.24. The molecule has 1 aliphatic heterocycles. The summed E-state index contributed by atoms with van der Waals surface area (Å²) in [6.45, 7) is 9.97. The van der Waals surface area contributed by atoms with Gasteiger partial charge in [0.2, 0.25) is 0 Å². The lowest BCUT2D eigenvalue weighted by atomic mass is 10.1. The van der Waals surface area contributed by atoms with E-state index in [1.807, 2.05) is 25.2 Å². The van der Waals surface area contributed by atoms with Crippen LogP contribution in [0.5, 0.6) is 0 Å². The number of guanidine groups is 1. The highest BCUT2D eigenvalue weighted by molar-refractivity contribution is 14.0. The molecule has 3 rings (SSSR count). The first kappa shape index (κ1) is 23.0. The molecule has 0 atom stereocenters. The van der Waals surface area contributed by atoms with Gasteiger partial charge in [0.05, 0.1) is 10.7 Å². The number of thiophene rings is 1. The average molecular weight is 517 g/mol. The van der Waals surface area contributed by atoms with Gasteiger partial charge in [-0.25, -0.2) is 0 Å². The summed E-state index contributed by atoms with van der Waals surface area (Å²) < 4.78 is 5.23. The number of aliphatic imine (C=N–C) groups is 1. The Labute approximate surface area is 189 Å². The first-order valence-electron chi connectivity index (χ1n) is 9.92. The first-order chi connectivity index (χ1) is 13.2.